The van der Waals surface area contributed by atoms with Crippen molar-refractivity contribution in [2.45, 2.75) is 25.3 Å². The molecular weight excluding hydrogens is 276 g/mol. The minimum Gasteiger partial charge on any atom is -0.297 e. The minimum atomic E-state index is -3.92. The first kappa shape index (κ1) is 13.0. The number of halogens is 1. The van der Waals surface area contributed by atoms with Gasteiger partial charge in [0, 0.05) is 17.2 Å². The largest absolute Gasteiger partial charge is 0.297 e. The minimum absolute atomic E-state index is 0.125. The maximum Gasteiger partial charge on any atom is 0.263 e. The lowest BCUT2D eigenvalue weighted by atomic mass is 10.2. The number of nitrogens with zero attached hydrogens (tertiary/aromatic N) is 2. The van der Waals surface area contributed by atoms with Crippen molar-refractivity contribution in [2.24, 2.45) is 0 Å². The van der Waals surface area contributed by atoms with E-state index in [2.05, 4.69) is 4.98 Å². The maximum absolute atomic E-state index is 12.1. The molecule has 0 amide bonds. The van der Waals surface area contributed by atoms with Crippen molar-refractivity contribution in [1.82, 2.24) is 9.55 Å². The van der Waals surface area contributed by atoms with Crippen LogP contribution in [0.4, 0.5) is 0 Å². The van der Waals surface area contributed by atoms with Gasteiger partial charge in [-0.05, 0) is 26.0 Å². The SMILES string of the molecule is CCn1c(C)nc2c(S(=O)(=O)Cl)cccc2c1=O. The van der Waals surface area contributed by atoms with Gasteiger partial charge in [-0.25, -0.2) is 13.4 Å². The summed E-state index contributed by atoms with van der Waals surface area (Å²) in [5, 5.41) is 0.254. The Morgan fingerprint density at radius 1 is 1.39 bits per heavy atom. The van der Waals surface area contributed by atoms with Crippen LogP contribution >= 0.6 is 10.7 Å². The molecule has 0 N–H and O–H groups in total. The fourth-order valence-corrected chi connectivity index (χ4v) is 2.90. The number of aromatic nitrogens is 2. The molecule has 1 aromatic carbocycles. The van der Waals surface area contributed by atoms with Crippen LogP contribution in [0.2, 0.25) is 0 Å². The predicted octanol–water partition coefficient (Wildman–Crippen LogP) is 1.65. The van der Waals surface area contributed by atoms with Crippen LogP contribution in [0.3, 0.4) is 0 Å². The van der Waals surface area contributed by atoms with Crippen LogP contribution in [-0.4, -0.2) is 18.0 Å². The van der Waals surface area contributed by atoms with E-state index in [0.29, 0.717) is 12.4 Å². The van der Waals surface area contributed by atoms with Gasteiger partial charge < -0.3 is 0 Å². The van der Waals surface area contributed by atoms with Gasteiger partial charge in [0.25, 0.3) is 14.6 Å². The van der Waals surface area contributed by atoms with Crippen LogP contribution in [0, 0.1) is 6.92 Å². The summed E-state index contributed by atoms with van der Waals surface area (Å²) in [6.45, 7) is 3.96. The summed E-state index contributed by atoms with van der Waals surface area (Å²) in [6, 6.07) is 4.37. The van der Waals surface area contributed by atoms with E-state index in [1.54, 1.807) is 13.0 Å². The molecule has 0 aliphatic carbocycles. The lowest BCUT2D eigenvalue weighted by molar-refractivity contribution is 0.610. The third kappa shape index (κ3) is 2.02. The topological polar surface area (TPSA) is 69.0 Å². The average Bonchev–Trinajstić information content (AvgIpc) is 2.27. The molecule has 0 fully saturated rings. The van der Waals surface area contributed by atoms with Gasteiger partial charge in [0.1, 0.15) is 10.7 Å². The van der Waals surface area contributed by atoms with E-state index in [4.69, 9.17) is 10.7 Å². The van der Waals surface area contributed by atoms with E-state index in [-0.39, 0.29) is 21.4 Å². The summed E-state index contributed by atoms with van der Waals surface area (Å²) < 4.78 is 24.4. The van der Waals surface area contributed by atoms with Crippen LogP contribution in [0.25, 0.3) is 10.9 Å². The summed E-state index contributed by atoms with van der Waals surface area (Å²) in [7, 11) is 1.42. The van der Waals surface area contributed by atoms with Crippen molar-refractivity contribution in [3.8, 4) is 0 Å². The Kier molecular flexibility index (Phi) is 3.16. The molecule has 0 saturated carbocycles. The van der Waals surface area contributed by atoms with Gasteiger partial charge in [0.05, 0.1) is 10.9 Å². The molecule has 18 heavy (non-hydrogen) atoms. The van der Waals surface area contributed by atoms with Crippen LogP contribution < -0.4 is 5.56 Å². The van der Waals surface area contributed by atoms with Crippen LogP contribution in [0.5, 0.6) is 0 Å². The smallest absolute Gasteiger partial charge is 0.263 e. The zero-order valence-electron chi connectivity index (χ0n) is 9.84. The maximum atomic E-state index is 12.1. The molecule has 2 rings (SSSR count). The molecule has 0 aliphatic heterocycles. The first-order chi connectivity index (χ1) is 8.36. The summed E-state index contributed by atoms with van der Waals surface area (Å²) >= 11 is 0. The van der Waals surface area contributed by atoms with Crippen molar-refractivity contribution < 1.29 is 8.42 Å². The number of rotatable bonds is 2. The van der Waals surface area contributed by atoms with Crippen molar-refractivity contribution in [3.63, 3.8) is 0 Å². The summed E-state index contributed by atoms with van der Waals surface area (Å²) in [5.41, 5.74) is -0.137. The fraction of sp³-hybridized carbons (Fsp3) is 0.273. The first-order valence-electron chi connectivity index (χ1n) is 5.31. The molecule has 0 atom stereocenters. The van der Waals surface area contributed by atoms with Crippen molar-refractivity contribution in [2.75, 3.05) is 0 Å². The van der Waals surface area contributed by atoms with Gasteiger partial charge >= 0.3 is 0 Å². The molecule has 0 saturated heterocycles. The molecule has 7 heteroatoms. The van der Waals surface area contributed by atoms with Crippen molar-refractivity contribution in [3.05, 3.63) is 34.4 Å². The van der Waals surface area contributed by atoms with E-state index in [0.717, 1.165) is 0 Å². The second-order valence-corrected chi connectivity index (χ2v) is 6.33. The molecule has 0 aliphatic rings. The Morgan fingerprint density at radius 2 is 2.06 bits per heavy atom. The lowest BCUT2D eigenvalue weighted by Crippen LogP contribution is -2.23. The number of para-hydroxylation sites is 1. The predicted molar refractivity (Wildman–Crippen MR) is 69.5 cm³/mol. The van der Waals surface area contributed by atoms with E-state index in [9.17, 15) is 13.2 Å². The highest BCUT2D eigenvalue weighted by Gasteiger charge is 2.18. The second kappa shape index (κ2) is 4.37. The molecule has 0 spiro atoms. The molecule has 0 radical (unpaired) electrons. The first-order valence-corrected chi connectivity index (χ1v) is 7.62. The van der Waals surface area contributed by atoms with Gasteiger partial charge in [-0.2, -0.15) is 0 Å². The Labute approximate surface area is 108 Å². The van der Waals surface area contributed by atoms with Crippen molar-refractivity contribution in [1.29, 1.82) is 0 Å². The monoisotopic (exact) mass is 286 g/mol. The Bertz CT molecular complexity index is 781. The fourth-order valence-electron chi connectivity index (χ4n) is 1.89. The normalized spacial score (nSPS) is 11.9. The average molecular weight is 287 g/mol. The quantitative estimate of drug-likeness (QED) is 0.787. The molecule has 96 valence electrons. The van der Waals surface area contributed by atoms with Gasteiger partial charge in [-0.15, -0.1) is 0 Å². The zero-order chi connectivity index (χ0) is 13.5. The molecule has 1 heterocycles. The summed E-state index contributed by atoms with van der Waals surface area (Å²) in [5.74, 6) is 0.461. The molecule has 0 bridgehead atoms. The Hall–Kier alpha value is -1.40. The highest BCUT2D eigenvalue weighted by molar-refractivity contribution is 8.14. The molecule has 1 aromatic heterocycles. The van der Waals surface area contributed by atoms with Crippen molar-refractivity contribution >= 4 is 30.6 Å². The number of aryl methyl sites for hydroxylation is 1. The summed E-state index contributed by atoms with van der Waals surface area (Å²) in [6.07, 6.45) is 0. The lowest BCUT2D eigenvalue weighted by Gasteiger charge is -2.09. The van der Waals surface area contributed by atoms with Gasteiger partial charge in [0.15, 0.2) is 0 Å². The molecular formula is C11H11ClN2O3S. The number of fused-ring (bicyclic) bond motifs is 1. The van der Waals surface area contributed by atoms with Gasteiger partial charge in [-0.3, -0.25) is 9.36 Å². The van der Waals surface area contributed by atoms with Crippen LogP contribution in [0.15, 0.2) is 27.9 Å². The van der Waals surface area contributed by atoms with E-state index < -0.39 is 9.05 Å². The van der Waals surface area contributed by atoms with Gasteiger partial charge in [-0.1, -0.05) is 6.07 Å². The third-order valence-electron chi connectivity index (χ3n) is 2.72. The summed E-state index contributed by atoms with van der Waals surface area (Å²) in [4.78, 5) is 16.2. The van der Waals surface area contributed by atoms with E-state index in [1.807, 2.05) is 6.92 Å². The van der Waals surface area contributed by atoms with E-state index >= 15 is 0 Å². The highest BCUT2D eigenvalue weighted by Crippen LogP contribution is 2.22. The third-order valence-corrected chi connectivity index (χ3v) is 4.07. The Morgan fingerprint density at radius 3 is 2.61 bits per heavy atom. The van der Waals surface area contributed by atoms with Crippen LogP contribution in [-0.2, 0) is 15.6 Å². The highest BCUT2D eigenvalue weighted by atomic mass is 35.7. The molecule has 5 nitrogen and oxygen atoms in total. The number of hydrogen-bond acceptors (Lipinski definition) is 4. The number of hydrogen-bond donors (Lipinski definition) is 0. The standard InChI is InChI=1S/C11H11ClN2O3S/c1-3-14-7(2)13-10-8(11(14)15)5-4-6-9(10)18(12,16)17/h4-6H,3H2,1-2H3. The zero-order valence-corrected chi connectivity index (χ0v) is 11.4. The Balaban J connectivity index is 3.02. The van der Waals surface area contributed by atoms with E-state index in [1.165, 1.54) is 16.7 Å². The number of benzene rings is 1. The molecule has 0 unspecified atom stereocenters. The van der Waals surface area contributed by atoms with Crippen LogP contribution in [0.1, 0.15) is 12.7 Å². The molecule has 2 aromatic rings. The van der Waals surface area contributed by atoms with Gasteiger partial charge in [0.2, 0.25) is 0 Å². The second-order valence-electron chi connectivity index (χ2n) is 3.80.